The quantitative estimate of drug-likeness (QED) is 0.397. The van der Waals surface area contributed by atoms with E-state index in [0.717, 1.165) is 38.3 Å². The Morgan fingerprint density at radius 1 is 1.25 bits per heavy atom. The molecule has 0 atom stereocenters. The number of carbonyl (C=O) groups is 1. The number of anilines is 1. The van der Waals surface area contributed by atoms with Gasteiger partial charge in [-0.2, -0.15) is 0 Å². The summed E-state index contributed by atoms with van der Waals surface area (Å²) in [7, 11) is 0. The molecule has 2 aromatic heterocycles. The molecule has 0 saturated heterocycles. The summed E-state index contributed by atoms with van der Waals surface area (Å²) < 4.78 is 4.08. The third kappa shape index (κ3) is 4.15. The fourth-order valence-corrected chi connectivity index (χ4v) is 4.59. The van der Waals surface area contributed by atoms with Crippen LogP contribution in [0.25, 0.3) is 10.2 Å². The minimum absolute atomic E-state index is 0.0209. The molecule has 0 unspecified atom stereocenters. The van der Waals surface area contributed by atoms with Crippen LogP contribution < -0.4 is 4.90 Å². The van der Waals surface area contributed by atoms with Gasteiger partial charge in [0, 0.05) is 35.5 Å². The average molecular weight is 455 g/mol. The highest BCUT2D eigenvalue weighted by Gasteiger charge is 2.21. The Labute approximate surface area is 175 Å². The van der Waals surface area contributed by atoms with Crippen LogP contribution in [-0.4, -0.2) is 27.0 Å². The number of fused-ring (bicyclic) bond motifs is 1. The van der Waals surface area contributed by atoms with E-state index >= 15 is 0 Å². The lowest BCUT2D eigenvalue weighted by atomic mass is 10.1. The average Bonchev–Trinajstić information content (AvgIpc) is 3.34. The van der Waals surface area contributed by atoms with E-state index in [1.54, 1.807) is 17.4 Å². The second kappa shape index (κ2) is 8.24. The van der Waals surface area contributed by atoms with Crippen LogP contribution in [0, 0.1) is 6.92 Å². The van der Waals surface area contributed by atoms with Crippen molar-refractivity contribution in [1.29, 1.82) is 0 Å². The monoisotopic (exact) mass is 454 g/mol. The molecule has 0 fully saturated rings. The number of rotatable bonds is 6. The molecule has 7 heteroatoms. The minimum atomic E-state index is -0.0209. The van der Waals surface area contributed by atoms with Gasteiger partial charge in [-0.1, -0.05) is 45.0 Å². The molecule has 0 N–H and O–H groups in total. The summed E-state index contributed by atoms with van der Waals surface area (Å²) in [6, 6.07) is 13.7. The highest BCUT2D eigenvalue weighted by Crippen LogP contribution is 2.31. The molecule has 0 aliphatic carbocycles. The van der Waals surface area contributed by atoms with Crippen LogP contribution in [0.2, 0.25) is 0 Å². The number of halogens is 1. The van der Waals surface area contributed by atoms with E-state index in [2.05, 4.69) is 20.9 Å². The van der Waals surface area contributed by atoms with Gasteiger partial charge in [-0.05, 0) is 43.7 Å². The Balaban J connectivity index is 1.63. The van der Waals surface area contributed by atoms with Gasteiger partial charge in [-0.25, -0.2) is 9.97 Å². The van der Waals surface area contributed by atoms with Crippen molar-refractivity contribution in [2.24, 2.45) is 0 Å². The SMILES string of the molecule is Cc1cccc(C(=O)N(CCCn2ccnc2)c2nc3ccc(Br)cc3s2)c1. The molecule has 0 aliphatic heterocycles. The zero-order valence-electron chi connectivity index (χ0n) is 15.4. The zero-order chi connectivity index (χ0) is 19.5. The van der Waals surface area contributed by atoms with E-state index in [-0.39, 0.29) is 5.91 Å². The lowest BCUT2D eigenvalue weighted by molar-refractivity contribution is 0.0986. The van der Waals surface area contributed by atoms with Gasteiger partial charge < -0.3 is 4.57 Å². The van der Waals surface area contributed by atoms with Gasteiger partial charge in [0.1, 0.15) is 0 Å². The number of thiazole rings is 1. The lowest BCUT2D eigenvalue weighted by Crippen LogP contribution is -2.32. The number of aromatic nitrogens is 3. The maximum absolute atomic E-state index is 13.3. The number of nitrogens with zero attached hydrogens (tertiary/aromatic N) is 4. The number of amides is 1. The summed E-state index contributed by atoms with van der Waals surface area (Å²) in [6.45, 7) is 3.38. The Hall–Kier alpha value is -2.51. The Morgan fingerprint density at radius 3 is 2.93 bits per heavy atom. The second-order valence-corrected chi connectivity index (χ2v) is 8.51. The third-order valence-electron chi connectivity index (χ3n) is 4.44. The van der Waals surface area contributed by atoms with E-state index in [4.69, 9.17) is 4.98 Å². The number of hydrogen-bond acceptors (Lipinski definition) is 4. The first-order valence-electron chi connectivity index (χ1n) is 9.00. The lowest BCUT2D eigenvalue weighted by Gasteiger charge is -2.20. The maximum Gasteiger partial charge on any atom is 0.260 e. The van der Waals surface area contributed by atoms with Gasteiger partial charge in [0.15, 0.2) is 5.13 Å². The van der Waals surface area contributed by atoms with Crippen molar-refractivity contribution in [2.45, 2.75) is 19.9 Å². The molecule has 4 aromatic rings. The van der Waals surface area contributed by atoms with Gasteiger partial charge in [0.05, 0.1) is 16.5 Å². The molecule has 0 aliphatic rings. The van der Waals surface area contributed by atoms with Crippen LogP contribution in [0.1, 0.15) is 22.3 Å². The van der Waals surface area contributed by atoms with Crippen molar-refractivity contribution >= 4 is 48.5 Å². The Kier molecular flexibility index (Phi) is 5.54. The summed E-state index contributed by atoms with van der Waals surface area (Å²) in [5, 5.41) is 0.727. The molecule has 0 bridgehead atoms. The summed E-state index contributed by atoms with van der Waals surface area (Å²) in [4.78, 5) is 23.9. The topological polar surface area (TPSA) is 51.0 Å². The summed E-state index contributed by atoms with van der Waals surface area (Å²) in [5.41, 5.74) is 2.65. The van der Waals surface area contributed by atoms with E-state index in [0.29, 0.717) is 12.1 Å². The normalized spacial score (nSPS) is 11.1. The summed E-state index contributed by atoms with van der Waals surface area (Å²) in [5.74, 6) is -0.0209. The second-order valence-electron chi connectivity index (χ2n) is 6.59. The van der Waals surface area contributed by atoms with Crippen molar-refractivity contribution in [3.8, 4) is 0 Å². The third-order valence-corrected chi connectivity index (χ3v) is 5.97. The number of carbonyl (C=O) groups excluding carboxylic acids is 1. The number of benzene rings is 2. The minimum Gasteiger partial charge on any atom is -0.337 e. The number of aryl methyl sites for hydroxylation is 2. The highest BCUT2D eigenvalue weighted by atomic mass is 79.9. The van der Waals surface area contributed by atoms with Crippen LogP contribution in [0.4, 0.5) is 5.13 Å². The van der Waals surface area contributed by atoms with Crippen LogP contribution in [0.5, 0.6) is 0 Å². The molecule has 1 amide bonds. The Bertz CT molecular complexity index is 1110. The van der Waals surface area contributed by atoms with Crippen molar-refractivity contribution in [1.82, 2.24) is 14.5 Å². The predicted molar refractivity (Wildman–Crippen MR) is 117 cm³/mol. The molecule has 0 radical (unpaired) electrons. The molecule has 28 heavy (non-hydrogen) atoms. The van der Waals surface area contributed by atoms with Crippen molar-refractivity contribution in [3.05, 3.63) is 76.8 Å². The summed E-state index contributed by atoms with van der Waals surface area (Å²) >= 11 is 5.05. The van der Waals surface area contributed by atoms with E-state index in [1.165, 1.54) is 11.3 Å². The van der Waals surface area contributed by atoms with Crippen LogP contribution in [0.3, 0.4) is 0 Å². The Morgan fingerprint density at radius 2 is 2.14 bits per heavy atom. The van der Waals surface area contributed by atoms with Gasteiger partial charge >= 0.3 is 0 Å². The standard InChI is InChI=1S/C21H19BrN4OS/c1-15-4-2-5-16(12-15)20(27)26(10-3-9-25-11-8-23-14-25)21-24-18-7-6-17(22)13-19(18)28-21/h2,4-8,11-14H,3,9-10H2,1H3. The summed E-state index contributed by atoms with van der Waals surface area (Å²) in [6.07, 6.45) is 6.30. The number of imidazole rings is 1. The van der Waals surface area contributed by atoms with Gasteiger partial charge in [-0.3, -0.25) is 9.69 Å². The molecule has 4 rings (SSSR count). The number of hydrogen-bond donors (Lipinski definition) is 0. The fourth-order valence-electron chi connectivity index (χ4n) is 3.05. The first-order valence-corrected chi connectivity index (χ1v) is 10.6. The smallest absolute Gasteiger partial charge is 0.260 e. The highest BCUT2D eigenvalue weighted by molar-refractivity contribution is 9.10. The molecule has 2 aromatic carbocycles. The van der Waals surface area contributed by atoms with E-state index < -0.39 is 0 Å². The van der Waals surface area contributed by atoms with E-state index in [9.17, 15) is 4.79 Å². The first-order chi connectivity index (χ1) is 13.6. The molecular weight excluding hydrogens is 436 g/mol. The van der Waals surface area contributed by atoms with Crippen LogP contribution in [-0.2, 0) is 6.54 Å². The first kappa shape index (κ1) is 18.8. The molecular formula is C21H19BrN4OS. The van der Waals surface area contributed by atoms with Crippen molar-refractivity contribution in [2.75, 3.05) is 11.4 Å². The largest absolute Gasteiger partial charge is 0.337 e. The van der Waals surface area contributed by atoms with Crippen molar-refractivity contribution < 1.29 is 4.79 Å². The molecule has 5 nitrogen and oxygen atoms in total. The molecule has 142 valence electrons. The maximum atomic E-state index is 13.3. The zero-order valence-corrected chi connectivity index (χ0v) is 17.8. The predicted octanol–water partition coefficient (Wildman–Crippen LogP) is 5.30. The van der Waals surface area contributed by atoms with Gasteiger partial charge in [-0.15, -0.1) is 0 Å². The van der Waals surface area contributed by atoms with Gasteiger partial charge in [0.25, 0.3) is 5.91 Å². The van der Waals surface area contributed by atoms with Crippen LogP contribution >= 0.6 is 27.3 Å². The molecule has 0 spiro atoms. The molecule has 0 saturated carbocycles. The van der Waals surface area contributed by atoms with Crippen LogP contribution in [0.15, 0.2) is 65.7 Å². The van der Waals surface area contributed by atoms with Crippen molar-refractivity contribution in [3.63, 3.8) is 0 Å². The molecule has 2 heterocycles. The van der Waals surface area contributed by atoms with Gasteiger partial charge in [0.2, 0.25) is 0 Å². The fraction of sp³-hybridized carbons (Fsp3) is 0.190. The van der Waals surface area contributed by atoms with E-state index in [1.807, 2.05) is 60.2 Å².